The highest BCUT2D eigenvalue weighted by molar-refractivity contribution is 6.31. The third-order valence-corrected chi connectivity index (χ3v) is 4.77. The molecule has 0 saturated heterocycles. The topological polar surface area (TPSA) is 12.0 Å². The molecule has 0 aliphatic heterocycles. The van der Waals surface area contributed by atoms with Crippen LogP contribution in [0.15, 0.2) is 18.2 Å². The molecule has 2 aliphatic carbocycles. The Kier molecular flexibility index (Phi) is 2.49. The molecule has 1 N–H and O–H groups in total. The molecular weight excluding hydrogens is 218 g/mol. The second-order valence-corrected chi connectivity index (χ2v) is 5.64. The van der Waals surface area contributed by atoms with E-state index in [0.717, 1.165) is 5.02 Å². The molecule has 1 spiro atoms. The van der Waals surface area contributed by atoms with Gasteiger partial charge in [-0.1, -0.05) is 36.6 Å². The van der Waals surface area contributed by atoms with Crippen molar-refractivity contribution in [2.75, 3.05) is 7.05 Å². The van der Waals surface area contributed by atoms with Crippen LogP contribution in [0, 0.1) is 0 Å². The standard InChI is InChI=1S/C14H18ClN/c1-16-12-9-14(7-2-3-8-14)13-10(12)5-4-6-11(13)15/h4-6,12,16H,2-3,7-9H2,1H3. The molecule has 0 amide bonds. The van der Waals surface area contributed by atoms with Gasteiger partial charge in [0.1, 0.15) is 0 Å². The van der Waals surface area contributed by atoms with Gasteiger partial charge in [0.05, 0.1) is 0 Å². The highest BCUT2D eigenvalue weighted by Gasteiger charge is 2.45. The third-order valence-electron chi connectivity index (χ3n) is 4.46. The van der Waals surface area contributed by atoms with E-state index in [9.17, 15) is 0 Å². The molecule has 1 aromatic rings. The molecular formula is C14H18ClN. The molecule has 1 nitrogen and oxygen atoms in total. The molecule has 1 fully saturated rings. The number of nitrogens with one attached hydrogen (secondary N) is 1. The summed E-state index contributed by atoms with van der Waals surface area (Å²) < 4.78 is 0. The molecule has 1 atom stereocenters. The van der Waals surface area contributed by atoms with Crippen molar-refractivity contribution >= 4 is 11.6 Å². The Morgan fingerprint density at radius 1 is 1.31 bits per heavy atom. The Balaban J connectivity index is 2.15. The minimum absolute atomic E-state index is 0.390. The lowest BCUT2D eigenvalue weighted by Crippen LogP contribution is -2.21. The zero-order valence-electron chi connectivity index (χ0n) is 9.72. The van der Waals surface area contributed by atoms with Gasteiger partial charge < -0.3 is 5.32 Å². The largest absolute Gasteiger partial charge is 0.313 e. The molecule has 0 aromatic heterocycles. The lowest BCUT2D eigenvalue weighted by molar-refractivity contribution is 0.390. The van der Waals surface area contributed by atoms with E-state index >= 15 is 0 Å². The third kappa shape index (κ3) is 1.34. The quantitative estimate of drug-likeness (QED) is 0.781. The molecule has 86 valence electrons. The van der Waals surface area contributed by atoms with Crippen LogP contribution in [-0.2, 0) is 5.41 Å². The zero-order valence-corrected chi connectivity index (χ0v) is 10.5. The zero-order chi connectivity index (χ0) is 11.2. The average Bonchev–Trinajstić information content (AvgIpc) is 2.87. The Hall–Kier alpha value is -0.530. The Morgan fingerprint density at radius 3 is 2.75 bits per heavy atom. The summed E-state index contributed by atoms with van der Waals surface area (Å²) in [5, 5.41) is 4.42. The maximum absolute atomic E-state index is 6.43. The van der Waals surface area contributed by atoms with Crippen LogP contribution in [0.5, 0.6) is 0 Å². The first-order chi connectivity index (χ1) is 7.77. The van der Waals surface area contributed by atoms with Crippen molar-refractivity contribution in [1.29, 1.82) is 0 Å². The van der Waals surface area contributed by atoms with Crippen LogP contribution < -0.4 is 5.32 Å². The number of rotatable bonds is 1. The van der Waals surface area contributed by atoms with Crippen molar-refractivity contribution in [1.82, 2.24) is 5.32 Å². The second-order valence-electron chi connectivity index (χ2n) is 5.24. The van der Waals surface area contributed by atoms with Gasteiger partial charge in [-0.2, -0.15) is 0 Å². The molecule has 2 heteroatoms. The average molecular weight is 236 g/mol. The number of fused-ring (bicyclic) bond motifs is 2. The summed E-state index contributed by atoms with van der Waals surface area (Å²) in [5.74, 6) is 0. The van der Waals surface area contributed by atoms with E-state index in [1.807, 2.05) is 0 Å². The number of benzene rings is 1. The van der Waals surface area contributed by atoms with E-state index in [1.54, 1.807) is 0 Å². The predicted octanol–water partition coefficient (Wildman–Crippen LogP) is 3.82. The van der Waals surface area contributed by atoms with Gasteiger partial charge in [0, 0.05) is 11.1 Å². The fourth-order valence-electron chi connectivity index (χ4n) is 3.76. The number of hydrogen-bond donors (Lipinski definition) is 1. The lowest BCUT2D eigenvalue weighted by Gasteiger charge is -2.25. The minimum atomic E-state index is 0.390. The van der Waals surface area contributed by atoms with Crippen molar-refractivity contribution in [3.05, 3.63) is 34.3 Å². The first-order valence-electron chi connectivity index (χ1n) is 6.23. The predicted molar refractivity (Wildman–Crippen MR) is 68.0 cm³/mol. The number of hydrogen-bond acceptors (Lipinski definition) is 1. The van der Waals surface area contributed by atoms with Gasteiger partial charge in [-0.3, -0.25) is 0 Å². The highest BCUT2D eigenvalue weighted by Crippen LogP contribution is 2.55. The minimum Gasteiger partial charge on any atom is -0.313 e. The summed E-state index contributed by atoms with van der Waals surface area (Å²) >= 11 is 6.43. The van der Waals surface area contributed by atoms with Gasteiger partial charge in [0.2, 0.25) is 0 Å². The summed E-state index contributed by atoms with van der Waals surface area (Å²) in [7, 11) is 2.06. The summed E-state index contributed by atoms with van der Waals surface area (Å²) in [4.78, 5) is 0. The Morgan fingerprint density at radius 2 is 2.06 bits per heavy atom. The molecule has 1 saturated carbocycles. The van der Waals surface area contributed by atoms with Crippen LogP contribution in [-0.4, -0.2) is 7.05 Å². The van der Waals surface area contributed by atoms with Gasteiger partial charge in [-0.15, -0.1) is 0 Å². The smallest absolute Gasteiger partial charge is 0.0447 e. The normalized spacial score (nSPS) is 26.2. The van der Waals surface area contributed by atoms with E-state index in [2.05, 4.69) is 30.6 Å². The fourth-order valence-corrected chi connectivity index (χ4v) is 4.14. The molecule has 0 bridgehead atoms. The molecule has 2 aliphatic rings. The summed E-state index contributed by atoms with van der Waals surface area (Å²) in [5.41, 5.74) is 3.28. The lowest BCUT2D eigenvalue weighted by atomic mass is 9.80. The SMILES string of the molecule is CNC1CC2(CCCC2)c2c(Cl)cccc21. The Bertz CT molecular complexity index is 407. The first-order valence-corrected chi connectivity index (χ1v) is 6.61. The molecule has 0 heterocycles. The highest BCUT2D eigenvalue weighted by atomic mass is 35.5. The molecule has 16 heavy (non-hydrogen) atoms. The van der Waals surface area contributed by atoms with Crippen molar-refractivity contribution < 1.29 is 0 Å². The Labute approximate surface area is 102 Å². The van der Waals surface area contributed by atoms with Crippen molar-refractivity contribution in [2.24, 2.45) is 0 Å². The van der Waals surface area contributed by atoms with Crippen molar-refractivity contribution in [3.8, 4) is 0 Å². The maximum Gasteiger partial charge on any atom is 0.0447 e. The van der Waals surface area contributed by atoms with E-state index < -0.39 is 0 Å². The van der Waals surface area contributed by atoms with Crippen LogP contribution in [0.25, 0.3) is 0 Å². The van der Waals surface area contributed by atoms with Gasteiger partial charge in [0.25, 0.3) is 0 Å². The van der Waals surface area contributed by atoms with E-state index in [-0.39, 0.29) is 0 Å². The van der Waals surface area contributed by atoms with Gasteiger partial charge in [-0.05, 0) is 48.9 Å². The second kappa shape index (κ2) is 3.75. The summed E-state index contributed by atoms with van der Waals surface area (Å²) in [6, 6.07) is 6.89. The van der Waals surface area contributed by atoms with Crippen LogP contribution in [0.3, 0.4) is 0 Å². The van der Waals surface area contributed by atoms with E-state index in [0.29, 0.717) is 11.5 Å². The molecule has 1 unspecified atom stereocenters. The van der Waals surface area contributed by atoms with Crippen molar-refractivity contribution in [3.63, 3.8) is 0 Å². The van der Waals surface area contributed by atoms with Gasteiger partial charge >= 0.3 is 0 Å². The van der Waals surface area contributed by atoms with Crippen LogP contribution >= 0.6 is 11.6 Å². The molecule has 0 radical (unpaired) electrons. The van der Waals surface area contributed by atoms with Crippen LogP contribution in [0.2, 0.25) is 5.02 Å². The number of halogens is 1. The maximum atomic E-state index is 6.43. The fraction of sp³-hybridized carbons (Fsp3) is 0.571. The van der Waals surface area contributed by atoms with Crippen molar-refractivity contribution in [2.45, 2.75) is 43.6 Å². The molecule has 3 rings (SSSR count). The van der Waals surface area contributed by atoms with Gasteiger partial charge in [-0.25, -0.2) is 0 Å². The van der Waals surface area contributed by atoms with Crippen LogP contribution in [0.1, 0.15) is 49.3 Å². The molecule has 1 aromatic carbocycles. The monoisotopic (exact) mass is 235 g/mol. The summed E-state index contributed by atoms with van der Waals surface area (Å²) in [6.07, 6.45) is 6.61. The summed E-state index contributed by atoms with van der Waals surface area (Å²) in [6.45, 7) is 0. The van der Waals surface area contributed by atoms with E-state index in [1.165, 1.54) is 43.2 Å². The van der Waals surface area contributed by atoms with E-state index in [4.69, 9.17) is 11.6 Å². The van der Waals surface area contributed by atoms with Gasteiger partial charge in [0.15, 0.2) is 0 Å². The van der Waals surface area contributed by atoms with Crippen LogP contribution in [0.4, 0.5) is 0 Å². The first kappa shape index (κ1) is 10.6.